The van der Waals surface area contributed by atoms with Gasteiger partial charge in [0, 0.05) is 57.9 Å². The average Bonchev–Trinajstić information content (AvgIpc) is 2.59. The smallest absolute Gasteiger partial charge is 0.255 e. The van der Waals surface area contributed by atoms with Crippen LogP contribution in [-0.2, 0) is 0 Å². The highest BCUT2D eigenvalue weighted by Gasteiger charge is 2.12. The molecule has 0 saturated heterocycles. The number of rotatable bonds is 6. The van der Waals surface area contributed by atoms with Gasteiger partial charge in [0.15, 0.2) is 0 Å². The van der Waals surface area contributed by atoms with Gasteiger partial charge in [-0.25, -0.2) is 0 Å². The summed E-state index contributed by atoms with van der Waals surface area (Å²) in [7, 11) is 7.70. The molecule has 0 aliphatic heterocycles. The Bertz CT molecular complexity index is 652. The van der Waals surface area contributed by atoms with Gasteiger partial charge >= 0.3 is 0 Å². The Morgan fingerprint density at radius 3 is 2.39 bits per heavy atom. The largest absolute Gasteiger partial charge is 0.378 e. The van der Waals surface area contributed by atoms with Crippen molar-refractivity contribution in [1.29, 1.82) is 0 Å². The quantitative estimate of drug-likeness (QED) is 0.887. The van der Waals surface area contributed by atoms with Crippen LogP contribution in [0, 0.1) is 0 Å². The van der Waals surface area contributed by atoms with E-state index in [-0.39, 0.29) is 5.91 Å². The van der Waals surface area contributed by atoms with Crippen LogP contribution < -0.4 is 10.2 Å². The zero-order valence-corrected chi connectivity index (χ0v) is 14.2. The molecule has 122 valence electrons. The summed E-state index contributed by atoms with van der Waals surface area (Å²) in [6, 6.07) is 10.1. The number of carbonyl (C=O) groups is 1. The first-order valence-corrected chi connectivity index (χ1v) is 7.66. The van der Waals surface area contributed by atoms with E-state index in [0.717, 1.165) is 23.4 Å². The van der Waals surface area contributed by atoms with Crippen molar-refractivity contribution in [3.63, 3.8) is 0 Å². The summed E-state index contributed by atoms with van der Waals surface area (Å²) in [5.41, 5.74) is 3.75. The van der Waals surface area contributed by atoms with E-state index < -0.39 is 0 Å². The predicted octanol–water partition coefficient (Wildman–Crippen LogP) is 2.11. The second-order valence-corrected chi connectivity index (χ2v) is 5.73. The fraction of sp³-hybridized carbons (Fsp3) is 0.333. The number of aromatic nitrogens is 1. The number of benzene rings is 1. The first-order valence-electron chi connectivity index (χ1n) is 7.66. The van der Waals surface area contributed by atoms with Crippen molar-refractivity contribution in [1.82, 2.24) is 15.2 Å². The molecule has 2 aromatic rings. The van der Waals surface area contributed by atoms with Crippen molar-refractivity contribution in [2.75, 3.05) is 46.2 Å². The van der Waals surface area contributed by atoms with Crippen LogP contribution in [0.15, 0.2) is 42.7 Å². The molecule has 0 aliphatic carbocycles. The minimum atomic E-state index is -0.0143. The van der Waals surface area contributed by atoms with E-state index in [4.69, 9.17) is 0 Å². The molecule has 0 saturated carbocycles. The summed E-state index contributed by atoms with van der Waals surface area (Å²) < 4.78 is 0. The van der Waals surface area contributed by atoms with E-state index in [1.807, 2.05) is 39.3 Å². The van der Waals surface area contributed by atoms with Crippen LogP contribution in [0.3, 0.4) is 0 Å². The molecule has 0 fully saturated rings. The zero-order chi connectivity index (χ0) is 16.8. The fourth-order valence-electron chi connectivity index (χ4n) is 2.27. The topological polar surface area (TPSA) is 48.5 Å². The molecule has 1 amide bonds. The van der Waals surface area contributed by atoms with Gasteiger partial charge in [-0.15, -0.1) is 0 Å². The normalized spacial score (nSPS) is 10.4. The molecule has 1 aromatic carbocycles. The minimum Gasteiger partial charge on any atom is -0.378 e. The zero-order valence-electron chi connectivity index (χ0n) is 14.2. The van der Waals surface area contributed by atoms with Crippen LogP contribution in [0.5, 0.6) is 0 Å². The van der Waals surface area contributed by atoms with Crippen molar-refractivity contribution in [3.8, 4) is 11.1 Å². The number of nitrogens with one attached hydrogen (secondary N) is 1. The number of amides is 1. The Morgan fingerprint density at radius 2 is 1.78 bits per heavy atom. The van der Waals surface area contributed by atoms with E-state index in [1.54, 1.807) is 24.3 Å². The highest BCUT2D eigenvalue weighted by molar-refractivity contribution is 5.95. The lowest BCUT2D eigenvalue weighted by Gasteiger charge is -2.17. The Morgan fingerprint density at radius 1 is 1.09 bits per heavy atom. The molecule has 0 bridgehead atoms. The molecule has 5 heteroatoms. The Kier molecular flexibility index (Phi) is 5.71. The van der Waals surface area contributed by atoms with Gasteiger partial charge in [0.2, 0.25) is 0 Å². The predicted molar refractivity (Wildman–Crippen MR) is 94.9 cm³/mol. The molecule has 1 N–H and O–H groups in total. The second-order valence-electron chi connectivity index (χ2n) is 5.73. The number of likely N-dealkylation sites (N-methyl/N-ethyl adjacent to an activating group) is 2. The highest BCUT2D eigenvalue weighted by Crippen LogP contribution is 2.22. The number of hydrogen-bond donors (Lipinski definition) is 1. The number of pyridine rings is 1. The van der Waals surface area contributed by atoms with Crippen molar-refractivity contribution in [2.45, 2.75) is 0 Å². The number of carbonyl (C=O) groups excluding carboxylic acids is 1. The summed E-state index contributed by atoms with van der Waals surface area (Å²) in [5.74, 6) is -0.0143. The van der Waals surface area contributed by atoms with Gasteiger partial charge < -0.3 is 15.1 Å². The van der Waals surface area contributed by atoms with E-state index in [1.165, 1.54) is 0 Å². The van der Waals surface area contributed by atoms with Gasteiger partial charge in [-0.2, -0.15) is 0 Å². The first kappa shape index (κ1) is 17.0. The molecule has 0 spiro atoms. The third-order valence-corrected chi connectivity index (χ3v) is 3.75. The van der Waals surface area contributed by atoms with Crippen LogP contribution in [0.4, 0.5) is 5.69 Å². The van der Waals surface area contributed by atoms with E-state index in [9.17, 15) is 4.79 Å². The standard InChI is InChI=1S/C18H24N4O/c1-19-9-10-22(4)18(23)16-11-15(12-20-13-16)14-5-7-17(8-6-14)21(2)3/h5-8,11-13,19H,9-10H2,1-4H3. The number of nitrogens with zero attached hydrogens (tertiary/aromatic N) is 3. The summed E-state index contributed by atoms with van der Waals surface area (Å²) in [6.07, 6.45) is 3.41. The van der Waals surface area contributed by atoms with Crippen molar-refractivity contribution in [3.05, 3.63) is 48.3 Å². The third kappa shape index (κ3) is 4.29. The van der Waals surface area contributed by atoms with E-state index >= 15 is 0 Å². The summed E-state index contributed by atoms with van der Waals surface area (Å²) in [5, 5.41) is 3.04. The maximum absolute atomic E-state index is 12.4. The third-order valence-electron chi connectivity index (χ3n) is 3.75. The molecular formula is C18H24N4O. The molecule has 1 aromatic heterocycles. The van der Waals surface area contributed by atoms with Crippen molar-refractivity contribution >= 4 is 11.6 Å². The van der Waals surface area contributed by atoms with Gasteiger partial charge in [-0.05, 0) is 30.8 Å². The Balaban J connectivity index is 2.20. The van der Waals surface area contributed by atoms with Gasteiger partial charge in [0.25, 0.3) is 5.91 Å². The molecule has 0 aliphatic rings. The molecule has 23 heavy (non-hydrogen) atoms. The molecule has 2 rings (SSSR count). The van der Waals surface area contributed by atoms with Crippen LogP contribution in [-0.4, -0.2) is 57.1 Å². The lowest BCUT2D eigenvalue weighted by Crippen LogP contribution is -2.32. The maximum Gasteiger partial charge on any atom is 0.255 e. The lowest BCUT2D eigenvalue weighted by molar-refractivity contribution is 0.0796. The van der Waals surface area contributed by atoms with Gasteiger partial charge in [-0.3, -0.25) is 9.78 Å². The Hall–Kier alpha value is -2.40. The van der Waals surface area contributed by atoms with Gasteiger partial charge in [-0.1, -0.05) is 12.1 Å². The fourth-order valence-corrected chi connectivity index (χ4v) is 2.27. The summed E-state index contributed by atoms with van der Waals surface area (Å²) >= 11 is 0. The highest BCUT2D eigenvalue weighted by atomic mass is 16.2. The molecule has 0 unspecified atom stereocenters. The van der Waals surface area contributed by atoms with Crippen molar-refractivity contribution < 1.29 is 4.79 Å². The van der Waals surface area contributed by atoms with E-state index in [2.05, 4.69) is 27.3 Å². The molecule has 5 nitrogen and oxygen atoms in total. The van der Waals surface area contributed by atoms with Gasteiger partial charge in [0.1, 0.15) is 0 Å². The van der Waals surface area contributed by atoms with Gasteiger partial charge in [0.05, 0.1) is 5.56 Å². The average molecular weight is 312 g/mol. The van der Waals surface area contributed by atoms with E-state index in [0.29, 0.717) is 12.1 Å². The second kappa shape index (κ2) is 7.74. The molecule has 0 radical (unpaired) electrons. The first-order chi connectivity index (χ1) is 11.0. The summed E-state index contributed by atoms with van der Waals surface area (Å²) in [6.45, 7) is 1.43. The summed E-state index contributed by atoms with van der Waals surface area (Å²) in [4.78, 5) is 20.4. The minimum absolute atomic E-state index is 0.0143. The van der Waals surface area contributed by atoms with Crippen molar-refractivity contribution in [2.24, 2.45) is 0 Å². The molecular weight excluding hydrogens is 288 g/mol. The SMILES string of the molecule is CNCCN(C)C(=O)c1cncc(-c2ccc(N(C)C)cc2)c1. The number of hydrogen-bond acceptors (Lipinski definition) is 4. The molecule has 1 heterocycles. The van der Waals surface area contributed by atoms with Crippen LogP contribution in [0.25, 0.3) is 11.1 Å². The lowest BCUT2D eigenvalue weighted by atomic mass is 10.1. The van der Waals surface area contributed by atoms with Crippen LogP contribution >= 0.6 is 0 Å². The van der Waals surface area contributed by atoms with Crippen LogP contribution in [0.2, 0.25) is 0 Å². The number of anilines is 1. The van der Waals surface area contributed by atoms with Crippen LogP contribution in [0.1, 0.15) is 10.4 Å². The Labute approximate surface area is 137 Å². The molecule has 0 atom stereocenters. The monoisotopic (exact) mass is 312 g/mol. The maximum atomic E-state index is 12.4.